The fourth-order valence-corrected chi connectivity index (χ4v) is 4.95. The van der Waals surface area contributed by atoms with E-state index in [1.165, 1.54) is 22.5 Å². The maximum Gasteiger partial charge on any atom is 0.251 e. The van der Waals surface area contributed by atoms with Crippen molar-refractivity contribution >= 4 is 33.4 Å². The van der Waals surface area contributed by atoms with Gasteiger partial charge in [-0.2, -0.15) is 4.31 Å². The smallest absolute Gasteiger partial charge is 0.251 e. The van der Waals surface area contributed by atoms with Gasteiger partial charge in [-0.25, -0.2) is 8.42 Å². The Hall–Kier alpha value is -3.24. The van der Waals surface area contributed by atoms with E-state index in [0.717, 1.165) is 19.3 Å². The standard InChI is InChI=1S/C22H26N4O5S/c23-20(27)15-24-22(29)17-5-4-6-18(14-17)25-21(28)13-16-7-9-19(10-8-16)32(30,31)26-11-2-1-3-12-26/h4-10,14H,1-3,11-13,15H2,(H2,23,27)(H,24,29)(H,25,28). The highest BCUT2D eigenvalue weighted by molar-refractivity contribution is 7.89. The lowest BCUT2D eigenvalue weighted by Crippen LogP contribution is -2.35. The topological polar surface area (TPSA) is 139 Å². The van der Waals surface area contributed by atoms with E-state index in [2.05, 4.69) is 10.6 Å². The number of hydrogen-bond donors (Lipinski definition) is 3. The molecule has 1 heterocycles. The summed E-state index contributed by atoms with van der Waals surface area (Å²) in [5.41, 5.74) is 6.37. The quantitative estimate of drug-likeness (QED) is 0.547. The van der Waals surface area contributed by atoms with Gasteiger partial charge < -0.3 is 16.4 Å². The summed E-state index contributed by atoms with van der Waals surface area (Å²) >= 11 is 0. The third kappa shape index (κ3) is 6.14. The SMILES string of the molecule is NC(=O)CNC(=O)c1cccc(NC(=O)Cc2ccc(S(=O)(=O)N3CCCCC3)cc2)c1. The van der Waals surface area contributed by atoms with E-state index in [4.69, 9.17) is 5.73 Å². The van der Waals surface area contributed by atoms with Crippen LogP contribution in [0, 0.1) is 0 Å². The maximum atomic E-state index is 12.7. The number of primary amides is 1. The van der Waals surface area contributed by atoms with Gasteiger partial charge in [0.05, 0.1) is 17.9 Å². The van der Waals surface area contributed by atoms with E-state index in [1.54, 1.807) is 30.3 Å². The lowest BCUT2D eigenvalue weighted by atomic mass is 10.1. The molecule has 1 fully saturated rings. The first-order valence-corrected chi connectivity index (χ1v) is 11.8. The molecule has 0 aliphatic carbocycles. The highest BCUT2D eigenvalue weighted by Crippen LogP contribution is 2.21. The van der Waals surface area contributed by atoms with Crippen LogP contribution in [-0.4, -0.2) is 50.1 Å². The third-order valence-corrected chi connectivity index (χ3v) is 6.99. The van der Waals surface area contributed by atoms with Crippen molar-refractivity contribution in [2.75, 3.05) is 25.0 Å². The van der Waals surface area contributed by atoms with Crippen molar-refractivity contribution in [2.45, 2.75) is 30.6 Å². The highest BCUT2D eigenvalue weighted by atomic mass is 32.2. The molecule has 2 aromatic carbocycles. The molecule has 10 heteroatoms. The summed E-state index contributed by atoms with van der Waals surface area (Å²) in [6.45, 7) is 0.789. The van der Waals surface area contributed by atoms with Crippen LogP contribution in [0.3, 0.4) is 0 Å². The summed E-state index contributed by atoms with van der Waals surface area (Å²) < 4.78 is 26.9. The summed E-state index contributed by atoms with van der Waals surface area (Å²) in [7, 11) is -3.51. The van der Waals surface area contributed by atoms with Gasteiger partial charge in [-0.05, 0) is 48.7 Å². The number of sulfonamides is 1. The minimum atomic E-state index is -3.51. The molecule has 4 N–H and O–H groups in total. The van der Waals surface area contributed by atoms with E-state index >= 15 is 0 Å². The van der Waals surface area contributed by atoms with Gasteiger partial charge in [0.2, 0.25) is 21.8 Å². The number of piperidine rings is 1. The van der Waals surface area contributed by atoms with Crippen LogP contribution in [0.25, 0.3) is 0 Å². The highest BCUT2D eigenvalue weighted by Gasteiger charge is 2.25. The van der Waals surface area contributed by atoms with Crippen molar-refractivity contribution in [1.29, 1.82) is 0 Å². The maximum absolute atomic E-state index is 12.7. The predicted molar refractivity (Wildman–Crippen MR) is 119 cm³/mol. The molecule has 0 atom stereocenters. The Morgan fingerprint density at radius 2 is 1.66 bits per heavy atom. The van der Waals surface area contributed by atoms with Crippen LogP contribution in [0.1, 0.15) is 35.2 Å². The molecular weight excluding hydrogens is 432 g/mol. The number of anilines is 1. The van der Waals surface area contributed by atoms with Gasteiger partial charge in [0.15, 0.2) is 0 Å². The van der Waals surface area contributed by atoms with Crippen molar-refractivity contribution in [3.63, 3.8) is 0 Å². The number of nitrogens with one attached hydrogen (secondary N) is 2. The summed E-state index contributed by atoms with van der Waals surface area (Å²) in [4.78, 5) is 35.4. The van der Waals surface area contributed by atoms with Crippen molar-refractivity contribution in [3.8, 4) is 0 Å². The largest absolute Gasteiger partial charge is 0.368 e. The number of nitrogens with two attached hydrogens (primary N) is 1. The van der Waals surface area contributed by atoms with Gasteiger partial charge in [0.25, 0.3) is 5.91 Å². The van der Waals surface area contributed by atoms with Crippen molar-refractivity contribution in [2.24, 2.45) is 5.73 Å². The number of benzene rings is 2. The van der Waals surface area contributed by atoms with Crippen LogP contribution in [-0.2, 0) is 26.0 Å². The minimum Gasteiger partial charge on any atom is -0.368 e. The lowest BCUT2D eigenvalue weighted by molar-refractivity contribution is -0.117. The normalized spacial score (nSPS) is 14.5. The Kier molecular flexibility index (Phi) is 7.60. The Morgan fingerprint density at radius 1 is 0.969 bits per heavy atom. The molecule has 0 bridgehead atoms. The summed E-state index contributed by atoms with van der Waals surface area (Å²) in [5.74, 6) is -1.45. The van der Waals surface area contributed by atoms with Gasteiger partial charge in [0, 0.05) is 24.3 Å². The molecule has 0 spiro atoms. The summed E-state index contributed by atoms with van der Waals surface area (Å²) in [6.07, 6.45) is 2.82. The Labute approximate surface area is 187 Å². The number of rotatable bonds is 8. The van der Waals surface area contributed by atoms with Crippen LogP contribution in [0.5, 0.6) is 0 Å². The van der Waals surface area contributed by atoms with Crippen LogP contribution in [0.15, 0.2) is 53.4 Å². The molecule has 1 aliphatic heterocycles. The Morgan fingerprint density at radius 3 is 2.31 bits per heavy atom. The zero-order valence-corrected chi connectivity index (χ0v) is 18.4. The number of carbonyl (C=O) groups is 3. The average molecular weight is 459 g/mol. The summed E-state index contributed by atoms with van der Waals surface area (Å²) in [5, 5.41) is 5.09. The molecule has 0 radical (unpaired) electrons. The van der Waals surface area contributed by atoms with E-state index < -0.39 is 21.8 Å². The van der Waals surface area contributed by atoms with Gasteiger partial charge >= 0.3 is 0 Å². The van der Waals surface area contributed by atoms with Crippen molar-refractivity contribution in [1.82, 2.24) is 9.62 Å². The Balaban J connectivity index is 1.60. The summed E-state index contributed by atoms with van der Waals surface area (Å²) in [6, 6.07) is 12.6. The lowest BCUT2D eigenvalue weighted by Gasteiger charge is -2.25. The first-order chi connectivity index (χ1) is 15.3. The monoisotopic (exact) mass is 458 g/mol. The van der Waals surface area contributed by atoms with E-state index in [0.29, 0.717) is 24.3 Å². The number of hydrogen-bond acceptors (Lipinski definition) is 5. The zero-order chi connectivity index (χ0) is 23.1. The molecule has 170 valence electrons. The van der Waals surface area contributed by atoms with E-state index in [1.807, 2.05) is 0 Å². The van der Waals surface area contributed by atoms with Gasteiger partial charge in [-0.1, -0.05) is 24.6 Å². The number of carbonyl (C=O) groups excluding carboxylic acids is 3. The minimum absolute atomic E-state index is 0.0438. The van der Waals surface area contributed by atoms with Crippen LogP contribution in [0.4, 0.5) is 5.69 Å². The molecule has 9 nitrogen and oxygen atoms in total. The second-order valence-corrected chi connectivity index (χ2v) is 9.50. The first kappa shape index (κ1) is 23.4. The molecule has 3 amide bonds. The van der Waals surface area contributed by atoms with Crippen molar-refractivity contribution in [3.05, 3.63) is 59.7 Å². The average Bonchev–Trinajstić information content (AvgIpc) is 2.78. The van der Waals surface area contributed by atoms with E-state index in [9.17, 15) is 22.8 Å². The molecule has 1 saturated heterocycles. The number of amides is 3. The first-order valence-electron chi connectivity index (χ1n) is 10.3. The molecule has 1 aliphatic rings. The Bertz CT molecular complexity index is 1090. The second kappa shape index (κ2) is 10.4. The van der Waals surface area contributed by atoms with Crippen LogP contribution < -0.4 is 16.4 Å². The van der Waals surface area contributed by atoms with Gasteiger partial charge in [-0.3, -0.25) is 14.4 Å². The van der Waals surface area contributed by atoms with Crippen molar-refractivity contribution < 1.29 is 22.8 Å². The van der Waals surface area contributed by atoms with Crippen LogP contribution >= 0.6 is 0 Å². The fraction of sp³-hybridized carbons (Fsp3) is 0.318. The molecule has 32 heavy (non-hydrogen) atoms. The molecular formula is C22H26N4O5S. The molecule has 0 aromatic heterocycles. The molecule has 2 aromatic rings. The third-order valence-electron chi connectivity index (χ3n) is 5.07. The van der Waals surface area contributed by atoms with E-state index in [-0.39, 0.29) is 29.3 Å². The molecule has 0 unspecified atom stereocenters. The van der Waals surface area contributed by atoms with Crippen LogP contribution in [0.2, 0.25) is 0 Å². The van der Waals surface area contributed by atoms with Gasteiger partial charge in [0.1, 0.15) is 0 Å². The predicted octanol–water partition coefficient (Wildman–Crippen LogP) is 1.26. The fourth-order valence-electron chi connectivity index (χ4n) is 3.43. The van der Waals surface area contributed by atoms with Gasteiger partial charge in [-0.15, -0.1) is 0 Å². The molecule has 3 rings (SSSR count). The molecule has 0 saturated carbocycles. The zero-order valence-electron chi connectivity index (χ0n) is 17.5. The second-order valence-electron chi connectivity index (χ2n) is 7.56. The number of nitrogens with zero attached hydrogens (tertiary/aromatic N) is 1.